The number of nitrogens with one attached hydrogen (secondary N) is 1. The van der Waals surface area contributed by atoms with Crippen molar-refractivity contribution in [3.05, 3.63) is 107 Å². The van der Waals surface area contributed by atoms with Crippen molar-refractivity contribution in [1.82, 2.24) is 15.1 Å². The molecule has 3 aromatic rings. The first-order valence-electron chi connectivity index (χ1n) is 10.9. The van der Waals surface area contributed by atoms with Crippen LogP contribution in [0.5, 0.6) is 0 Å². The lowest BCUT2D eigenvalue weighted by Crippen LogP contribution is -2.52. The van der Waals surface area contributed by atoms with Crippen LogP contribution in [-0.2, 0) is 11.3 Å². The minimum atomic E-state index is -0.781. The van der Waals surface area contributed by atoms with Gasteiger partial charge in [0.05, 0.1) is 0 Å². The van der Waals surface area contributed by atoms with Crippen molar-refractivity contribution in [3.8, 4) is 0 Å². The first-order chi connectivity index (χ1) is 16.0. The molecule has 1 heterocycles. The molecule has 0 saturated carbocycles. The van der Waals surface area contributed by atoms with Crippen molar-refractivity contribution in [3.63, 3.8) is 0 Å². The van der Waals surface area contributed by atoms with Crippen molar-refractivity contribution >= 4 is 11.8 Å². The summed E-state index contributed by atoms with van der Waals surface area (Å²) in [5, 5.41) is 3.02. The average Bonchev–Trinajstić information content (AvgIpc) is 2.84. The van der Waals surface area contributed by atoms with E-state index < -0.39 is 23.6 Å². The van der Waals surface area contributed by atoms with Gasteiger partial charge in [-0.25, -0.2) is 8.78 Å². The molecule has 7 heteroatoms. The Bertz CT molecular complexity index is 1080. The molecule has 1 aliphatic rings. The third-order valence-electron chi connectivity index (χ3n) is 5.75. The smallest absolute Gasteiger partial charge is 0.254 e. The van der Waals surface area contributed by atoms with Crippen LogP contribution in [0.2, 0.25) is 0 Å². The molecule has 0 aliphatic carbocycles. The van der Waals surface area contributed by atoms with E-state index in [1.54, 1.807) is 4.90 Å². The lowest BCUT2D eigenvalue weighted by molar-refractivity contribution is -0.127. The Kier molecular flexibility index (Phi) is 7.10. The fourth-order valence-electron chi connectivity index (χ4n) is 4.09. The minimum Gasteiger partial charge on any atom is -0.350 e. The number of carbonyl (C=O) groups excluding carboxylic acids is 2. The van der Waals surface area contributed by atoms with E-state index in [-0.39, 0.29) is 11.5 Å². The molecule has 4 rings (SSSR count). The Labute approximate surface area is 191 Å². The van der Waals surface area contributed by atoms with E-state index in [0.717, 1.165) is 29.3 Å². The normalized spacial score (nSPS) is 15.2. The molecule has 170 valence electrons. The number of benzene rings is 3. The monoisotopic (exact) mass is 449 g/mol. The molecule has 1 unspecified atom stereocenters. The SMILES string of the molecule is O=C(NCc1ccccc1)C(c1ccccc1)N1CCN(C(=O)c2cc(F)cc(F)c2)CC1. The summed E-state index contributed by atoms with van der Waals surface area (Å²) in [5.74, 6) is -2.10. The average molecular weight is 450 g/mol. The largest absolute Gasteiger partial charge is 0.350 e. The number of amides is 2. The first kappa shape index (κ1) is 22.6. The summed E-state index contributed by atoms with van der Waals surface area (Å²) < 4.78 is 27.1. The lowest BCUT2D eigenvalue weighted by Gasteiger charge is -2.38. The molecular weight excluding hydrogens is 424 g/mol. The van der Waals surface area contributed by atoms with E-state index in [1.165, 1.54) is 0 Å². The van der Waals surface area contributed by atoms with Gasteiger partial charge < -0.3 is 10.2 Å². The van der Waals surface area contributed by atoms with E-state index in [9.17, 15) is 18.4 Å². The predicted octanol–water partition coefficient (Wildman–Crippen LogP) is 3.78. The van der Waals surface area contributed by atoms with Gasteiger partial charge in [-0.3, -0.25) is 14.5 Å². The van der Waals surface area contributed by atoms with Crippen LogP contribution in [0, 0.1) is 11.6 Å². The molecule has 0 aromatic heterocycles. The second-order valence-electron chi connectivity index (χ2n) is 8.00. The van der Waals surface area contributed by atoms with Gasteiger partial charge in [-0.05, 0) is 23.3 Å². The number of piperazine rings is 1. The fourth-order valence-corrected chi connectivity index (χ4v) is 4.09. The van der Waals surface area contributed by atoms with Crippen LogP contribution in [0.4, 0.5) is 8.78 Å². The number of hydrogen-bond donors (Lipinski definition) is 1. The summed E-state index contributed by atoms with van der Waals surface area (Å²) in [6.45, 7) is 2.05. The molecule has 5 nitrogen and oxygen atoms in total. The number of hydrogen-bond acceptors (Lipinski definition) is 3. The minimum absolute atomic E-state index is 0.0128. The molecule has 1 fully saturated rings. The van der Waals surface area contributed by atoms with Crippen LogP contribution < -0.4 is 5.32 Å². The van der Waals surface area contributed by atoms with E-state index in [1.807, 2.05) is 65.6 Å². The quantitative estimate of drug-likeness (QED) is 0.623. The van der Waals surface area contributed by atoms with Crippen molar-refractivity contribution in [1.29, 1.82) is 0 Å². The van der Waals surface area contributed by atoms with Crippen LogP contribution in [-0.4, -0.2) is 47.8 Å². The molecule has 0 spiro atoms. The third-order valence-corrected chi connectivity index (χ3v) is 5.75. The van der Waals surface area contributed by atoms with E-state index >= 15 is 0 Å². The topological polar surface area (TPSA) is 52.7 Å². The lowest BCUT2D eigenvalue weighted by atomic mass is 10.0. The molecule has 3 aromatic carbocycles. The summed E-state index contributed by atoms with van der Waals surface area (Å²) in [6.07, 6.45) is 0. The molecule has 0 radical (unpaired) electrons. The zero-order valence-electron chi connectivity index (χ0n) is 18.1. The van der Waals surface area contributed by atoms with Crippen LogP contribution in [0.1, 0.15) is 27.5 Å². The van der Waals surface area contributed by atoms with Crippen LogP contribution >= 0.6 is 0 Å². The van der Waals surface area contributed by atoms with Crippen LogP contribution in [0.3, 0.4) is 0 Å². The van der Waals surface area contributed by atoms with Crippen molar-refractivity contribution < 1.29 is 18.4 Å². The van der Waals surface area contributed by atoms with E-state index in [4.69, 9.17) is 0 Å². The zero-order chi connectivity index (χ0) is 23.2. The predicted molar refractivity (Wildman–Crippen MR) is 121 cm³/mol. The summed E-state index contributed by atoms with van der Waals surface area (Å²) in [6, 6.07) is 21.5. The van der Waals surface area contributed by atoms with Crippen LogP contribution in [0.15, 0.2) is 78.9 Å². The Morgan fingerprint density at radius 2 is 1.39 bits per heavy atom. The highest BCUT2D eigenvalue weighted by atomic mass is 19.1. The van der Waals surface area contributed by atoms with Gasteiger partial charge in [0.25, 0.3) is 5.91 Å². The maximum atomic E-state index is 13.5. The van der Waals surface area contributed by atoms with Gasteiger partial charge in [-0.1, -0.05) is 60.7 Å². The van der Waals surface area contributed by atoms with Gasteiger partial charge in [-0.2, -0.15) is 0 Å². The van der Waals surface area contributed by atoms with Gasteiger partial charge in [0.15, 0.2) is 0 Å². The molecular formula is C26H25F2N3O2. The Balaban J connectivity index is 1.45. The number of carbonyl (C=O) groups is 2. The van der Waals surface area contributed by atoms with Crippen molar-refractivity contribution in [2.45, 2.75) is 12.6 Å². The van der Waals surface area contributed by atoms with E-state index in [2.05, 4.69) is 5.32 Å². The van der Waals surface area contributed by atoms with Crippen LogP contribution in [0.25, 0.3) is 0 Å². The fraction of sp³-hybridized carbons (Fsp3) is 0.231. The van der Waals surface area contributed by atoms with Gasteiger partial charge >= 0.3 is 0 Å². The number of halogens is 2. The molecule has 33 heavy (non-hydrogen) atoms. The molecule has 2 amide bonds. The molecule has 1 N–H and O–H groups in total. The second kappa shape index (κ2) is 10.4. The van der Waals surface area contributed by atoms with Gasteiger partial charge in [0.2, 0.25) is 5.91 Å². The number of nitrogens with zero attached hydrogens (tertiary/aromatic N) is 2. The highest BCUT2D eigenvalue weighted by Crippen LogP contribution is 2.23. The van der Waals surface area contributed by atoms with Gasteiger partial charge in [0, 0.05) is 44.4 Å². The Morgan fingerprint density at radius 1 is 0.818 bits per heavy atom. The molecule has 1 atom stereocenters. The zero-order valence-corrected chi connectivity index (χ0v) is 18.1. The summed E-state index contributed by atoms with van der Waals surface area (Å²) in [5.41, 5.74) is 1.87. The third kappa shape index (κ3) is 5.62. The maximum Gasteiger partial charge on any atom is 0.254 e. The number of rotatable bonds is 6. The Morgan fingerprint density at radius 3 is 2.00 bits per heavy atom. The van der Waals surface area contributed by atoms with Gasteiger partial charge in [-0.15, -0.1) is 0 Å². The van der Waals surface area contributed by atoms with Gasteiger partial charge in [0.1, 0.15) is 17.7 Å². The Hall–Kier alpha value is -3.58. The summed E-state index contributed by atoms with van der Waals surface area (Å²) in [7, 11) is 0. The van der Waals surface area contributed by atoms with Crippen molar-refractivity contribution in [2.75, 3.05) is 26.2 Å². The molecule has 1 saturated heterocycles. The second-order valence-corrected chi connectivity index (χ2v) is 8.00. The van der Waals surface area contributed by atoms with E-state index in [0.29, 0.717) is 32.7 Å². The molecule has 0 bridgehead atoms. The first-order valence-corrected chi connectivity index (χ1v) is 10.9. The summed E-state index contributed by atoms with van der Waals surface area (Å²) in [4.78, 5) is 29.5. The standard InChI is InChI=1S/C26H25F2N3O2/c27-22-15-21(16-23(28)17-22)26(33)31-13-11-30(12-14-31)24(20-9-5-2-6-10-20)25(32)29-18-19-7-3-1-4-8-19/h1-10,15-17,24H,11-14,18H2,(H,29,32). The highest BCUT2D eigenvalue weighted by molar-refractivity contribution is 5.94. The van der Waals surface area contributed by atoms with Crippen molar-refractivity contribution in [2.24, 2.45) is 0 Å². The highest BCUT2D eigenvalue weighted by Gasteiger charge is 2.32. The molecule has 1 aliphatic heterocycles. The summed E-state index contributed by atoms with van der Waals surface area (Å²) >= 11 is 0. The maximum absolute atomic E-state index is 13.5.